The fraction of sp³-hybridized carbons (Fsp3) is 0.273. The predicted octanol–water partition coefficient (Wildman–Crippen LogP) is 3.01. The minimum Gasteiger partial charge on any atom is -0.481 e. The summed E-state index contributed by atoms with van der Waals surface area (Å²) in [4.78, 5) is 16.0. The minimum absolute atomic E-state index is 0.536. The van der Waals surface area contributed by atoms with Crippen LogP contribution in [-0.2, 0) is 11.8 Å². The molecule has 158 valence electrons. The van der Waals surface area contributed by atoms with Crippen LogP contribution in [0.3, 0.4) is 0 Å². The number of hydrogen-bond donors (Lipinski definition) is 1. The van der Waals surface area contributed by atoms with Crippen molar-refractivity contribution in [3.63, 3.8) is 0 Å². The van der Waals surface area contributed by atoms with E-state index in [4.69, 9.17) is 19.4 Å². The largest absolute Gasteiger partial charge is 0.481 e. The molecule has 1 aliphatic heterocycles. The van der Waals surface area contributed by atoms with E-state index in [1.54, 1.807) is 13.3 Å². The van der Waals surface area contributed by atoms with Crippen molar-refractivity contribution in [1.82, 2.24) is 24.7 Å². The molecular formula is C22H23N7O2. The Labute approximate surface area is 179 Å². The van der Waals surface area contributed by atoms with Crippen LogP contribution in [0.1, 0.15) is 0 Å². The summed E-state index contributed by atoms with van der Waals surface area (Å²) in [5, 5.41) is 8.80. The molecule has 1 saturated heterocycles. The van der Waals surface area contributed by atoms with Gasteiger partial charge in [-0.25, -0.2) is 9.97 Å². The number of fused-ring (bicyclic) bond motifs is 1. The summed E-state index contributed by atoms with van der Waals surface area (Å²) in [6.07, 6.45) is 3.56. The summed E-state index contributed by atoms with van der Waals surface area (Å²) >= 11 is 0. The van der Waals surface area contributed by atoms with Crippen LogP contribution in [-0.4, -0.2) is 58.1 Å². The van der Waals surface area contributed by atoms with Crippen LogP contribution in [0.5, 0.6) is 5.88 Å². The summed E-state index contributed by atoms with van der Waals surface area (Å²) in [6.45, 7) is 2.84. The van der Waals surface area contributed by atoms with E-state index in [9.17, 15) is 0 Å². The average Bonchev–Trinajstić information content (AvgIpc) is 3.19. The first-order valence-electron chi connectivity index (χ1n) is 10.1. The Morgan fingerprint density at radius 1 is 1.06 bits per heavy atom. The van der Waals surface area contributed by atoms with Gasteiger partial charge in [-0.2, -0.15) is 10.1 Å². The number of nitrogens with zero attached hydrogens (tertiary/aromatic N) is 6. The van der Waals surface area contributed by atoms with E-state index in [0.717, 1.165) is 40.9 Å². The van der Waals surface area contributed by atoms with Gasteiger partial charge in [0.05, 0.1) is 37.7 Å². The van der Waals surface area contributed by atoms with Gasteiger partial charge in [-0.05, 0) is 12.1 Å². The third-order valence-electron chi connectivity index (χ3n) is 5.27. The maximum atomic E-state index is 5.50. The number of aryl methyl sites for hydroxylation is 1. The standard InChI is InChI=1S/C22H23N7O2/c1-28-19-11-15(3-4-16(19)14-24-28)18-13-20(25-17-5-6-23-21(12-17)30-2)27-22(26-18)29-7-9-31-10-8-29/h3-6,11-14H,7-10H2,1-2H3,(H,23,25,26,27). The Morgan fingerprint density at radius 2 is 1.94 bits per heavy atom. The number of anilines is 3. The molecule has 0 radical (unpaired) electrons. The van der Waals surface area contributed by atoms with Gasteiger partial charge in [-0.3, -0.25) is 4.68 Å². The molecule has 1 aliphatic rings. The molecule has 0 saturated carbocycles. The van der Waals surface area contributed by atoms with Crippen molar-refractivity contribution in [2.24, 2.45) is 7.05 Å². The molecule has 3 aromatic heterocycles. The van der Waals surface area contributed by atoms with Crippen LogP contribution in [0.4, 0.5) is 17.5 Å². The number of pyridine rings is 1. The summed E-state index contributed by atoms with van der Waals surface area (Å²) in [6, 6.07) is 11.9. The maximum absolute atomic E-state index is 5.50. The molecule has 0 bridgehead atoms. The molecule has 9 heteroatoms. The lowest BCUT2D eigenvalue weighted by Gasteiger charge is -2.27. The van der Waals surface area contributed by atoms with Crippen molar-refractivity contribution >= 4 is 28.4 Å². The van der Waals surface area contributed by atoms with Crippen molar-refractivity contribution in [1.29, 1.82) is 0 Å². The van der Waals surface area contributed by atoms with Crippen LogP contribution >= 0.6 is 0 Å². The monoisotopic (exact) mass is 417 g/mol. The quantitative estimate of drug-likeness (QED) is 0.530. The molecule has 4 aromatic rings. The molecule has 5 rings (SSSR count). The molecule has 1 aromatic carbocycles. The van der Waals surface area contributed by atoms with Gasteiger partial charge >= 0.3 is 0 Å². The van der Waals surface area contributed by atoms with Gasteiger partial charge < -0.3 is 19.7 Å². The van der Waals surface area contributed by atoms with Gasteiger partial charge in [-0.1, -0.05) is 12.1 Å². The number of morpholine rings is 1. The highest BCUT2D eigenvalue weighted by Crippen LogP contribution is 2.28. The highest BCUT2D eigenvalue weighted by Gasteiger charge is 2.17. The van der Waals surface area contributed by atoms with E-state index in [2.05, 4.69) is 38.5 Å². The number of aromatic nitrogens is 5. The van der Waals surface area contributed by atoms with Crippen LogP contribution in [0.15, 0.2) is 48.8 Å². The lowest BCUT2D eigenvalue weighted by molar-refractivity contribution is 0.122. The number of methoxy groups -OCH3 is 1. The first kappa shape index (κ1) is 19.3. The zero-order chi connectivity index (χ0) is 21.2. The summed E-state index contributed by atoms with van der Waals surface area (Å²) < 4.78 is 12.6. The third kappa shape index (κ3) is 3.99. The van der Waals surface area contributed by atoms with Crippen molar-refractivity contribution in [3.05, 3.63) is 48.8 Å². The highest BCUT2D eigenvalue weighted by atomic mass is 16.5. The predicted molar refractivity (Wildman–Crippen MR) is 119 cm³/mol. The number of rotatable bonds is 5. The summed E-state index contributed by atoms with van der Waals surface area (Å²) in [5.74, 6) is 1.91. The third-order valence-corrected chi connectivity index (χ3v) is 5.27. The first-order valence-corrected chi connectivity index (χ1v) is 10.1. The zero-order valence-electron chi connectivity index (χ0n) is 17.4. The molecule has 0 unspecified atom stereocenters. The van der Waals surface area contributed by atoms with Gasteiger partial charge in [-0.15, -0.1) is 0 Å². The molecular weight excluding hydrogens is 394 g/mol. The SMILES string of the molecule is COc1cc(Nc2cc(-c3ccc4cnn(C)c4c3)nc(N3CCOCC3)n2)ccn1. The van der Waals surface area contributed by atoms with Gasteiger partial charge in [0.1, 0.15) is 5.82 Å². The second-order valence-corrected chi connectivity index (χ2v) is 7.29. The first-order chi connectivity index (χ1) is 15.2. The van der Waals surface area contributed by atoms with Crippen molar-refractivity contribution in [3.8, 4) is 17.1 Å². The lowest BCUT2D eigenvalue weighted by atomic mass is 10.1. The Balaban J connectivity index is 1.57. The second kappa shape index (κ2) is 8.19. The smallest absolute Gasteiger partial charge is 0.228 e. The molecule has 4 heterocycles. The van der Waals surface area contributed by atoms with E-state index < -0.39 is 0 Å². The minimum atomic E-state index is 0.536. The Hall–Kier alpha value is -3.72. The lowest BCUT2D eigenvalue weighted by Crippen LogP contribution is -2.37. The summed E-state index contributed by atoms with van der Waals surface area (Å²) in [5.41, 5.74) is 3.73. The van der Waals surface area contributed by atoms with Gasteiger partial charge in [0.15, 0.2) is 0 Å². The van der Waals surface area contributed by atoms with Crippen molar-refractivity contribution in [2.45, 2.75) is 0 Å². The van der Waals surface area contributed by atoms with Gasteiger partial charge in [0, 0.05) is 55.1 Å². The molecule has 0 spiro atoms. The van der Waals surface area contributed by atoms with E-state index >= 15 is 0 Å². The van der Waals surface area contributed by atoms with E-state index in [1.165, 1.54) is 0 Å². The Kier molecular flexibility index (Phi) is 5.09. The van der Waals surface area contributed by atoms with E-state index in [0.29, 0.717) is 30.9 Å². The van der Waals surface area contributed by atoms with Gasteiger partial charge in [0.25, 0.3) is 0 Å². The Bertz CT molecular complexity index is 1220. The summed E-state index contributed by atoms with van der Waals surface area (Å²) in [7, 11) is 3.54. The molecule has 1 N–H and O–H groups in total. The highest BCUT2D eigenvalue weighted by molar-refractivity contribution is 5.84. The van der Waals surface area contributed by atoms with Crippen LogP contribution < -0.4 is 15.0 Å². The fourth-order valence-electron chi connectivity index (χ4n) is 3.60. The van der Waals surface area contributed by atoms with E-state index in [1.807, 2.05) is 36.1 Å². The number of ether oxygens (including phenoxy) is 2. The van der Waals surface area contributed by atoms with Crippen LogP contribution in [0.2, 0.25) is 0 Å². The second-order valence-electron chi connectivity index (χ2n) is 7.29. The maximum Gasteiger partial charge on any atom is 0.228 e. The van der Waals surface area contributed by atoms with Crippen LogP contribution in [0.25, 0.3) is 22.2 Å². The zero-order valence-corrected chi connectivity index (χ0v) is 17.4. The molecule has 9 nitrogen and oxygen atoms in total. The van der Waals surface area contributed by atoms with E-state index in [-0.39, 0.29) is 0 Å². The normalized spacial score (nSPS) is 14.1. The Morgan fingerprint density at radius 3 is 2.77 bits per heavy atom. The molecule has 0 atom stereocenters. The van der Waals surface area contributed by atoms with Crippen molar-refractivity contribution in [2.75, 3.05) is 43.6 Å². The topological polar surface area (TPSA) is 90.2 Å². The molecule has 31 heavy (non-hydrogen) atoms. The fourth-order valence-corrected chi connectivity index (χ4v) is 3.60. The average molecular weight is 417 g/mol. The molecule has 1 fully saturated rings. The van der Waals surface area contributed by atoms with Crippen LogP contribution in [0, 0.1) is 0 Å². The molecule has 0 amide bonds. The number of nitrogens with one attached hydrogen (secondary N) is 1. The van der Waals surface area contributed by atoms with Gasteiger partial charge in [0.2, 0.25) is 11.8 Å². The number of benzene rings is 1. The number of hydrogen-bond acceptors (Lipinski definition) is 8. The molecule has 0 aliphatic carbocycles. The van der Waals surface area contributed by atoms with Crippen molar-refractivity contribution < 1.29 is 9.47 Å².